The zero-order valence-corrected chi connectivity index (χ0v) is 15.6. The van der Waals surface area contributed by atoms with Crippen molar-refractivity contribution in [3.63, 3.8) is 0 Å². The molecule has 0 saturated heterocycles. The molecule has 0 aliphatic rings. The number of carbonyl (C=O) groups excluding carboxylic acids is 2. The van der Waals surface area contributed by atoms with E-state index in [9.17, 15) is 9.59 Å². The molecule has 138 valence electrons. The fraction of sp³-hybridized carbons (Fsp3) is 0.381. The summed E-state index contributed by atoms with van der Waals surface area (Å²) in [6.45, 7) is 9.23. The highest BCUT2D eigenvalue weighted by atomic mass is 16.5. The van der Waals surface area contributed by atoms with Crippen LogP contribution < -0.4 is 5.32 Å². The summed E-state index contributed by atoms with van der Waals surface area (Å²) in [7, 11) is 0. The van der Waals surface area contributed by atoms with Crippen LogP contribution in [0.3, 0.4) is 0 Å². The molecule has 1 heterocycles. The Hall–Kier alpha value is -2.69. The number of hydrogen-bond acceptors (Lipinski definition) is 4. The van der Waals surface area contributed by atoms with Gasteiger partial charge >= 0.3 is 5.97 Å². The molecule has 0 bridgehead atoms. The monoisotopic (exact) mass is 354 g/mol. The molecule has 0 fully saturated rings. The Bertz CT molecular complexity index is 786. The molecule has 2 aromatic rings. The quantitative estimate of drug-likeness (QED) is 0.583. The highest BCUT2D eigenvalue weighted by molar-refractivity contribution is 5.86. The Morgan fingerprint density at radius 2 is 1.92 bits per heavy atom. The highest BCUT2D eigenvalue weighted by Gasteiger charge is 2.27. The molecule has 1 amide bonds. The third-order valence-electron chi connectivity index (χ3n) is 4.18. The molecule has 1 N–H and O–H groups in total. The largest absolute Gasteiger partial charge is 0.460 e. The second kappa shape index (κ2) is 9.13. The van der Waals surface area contributed by atoms with Gasteiger partial charge in [0.25, 0.3) is 0 Å². The van der Waals surface area contributed by atoms with Crippen molar-refractivity contribution in [2.75, 3.05) is 6.61 Å². The predicted octanol–water partition coefficient (Wildman–Crippen LogP) is 3.28. The van der Waals surface area contributed by atoms with Gasteiger partial charge in [-0.15, -0.1) is 0 Å². The lowest BCUT2D eigenvalue weighted by Crippen LogP contribution is -2.47. The molecule has 2 rings (SSSR count). The van der Waals surface area contributed by atoms with E-state index >= 15 is 0 Å². The third kappa shape index (κ3) is 5.15. The van der Waals surface area contributed by atoms with Gasteiger partial charge in [0.2, 0.25) is 5.91 Å². The average Bonchev–Trinajstić information content (AvgIpc) is 2.63. The molecular formula is C21H26N2O3. The summed E-state index contributed by atoms with van der Waals surface area (Å²) in [5.74, 6) is -1.00. The van der Waals surface area contributed by atoms with Crippen molar-refractivity contribution >= 4 is 22.8 Å². The van der Waals surface area contributed by atoms with E-state index in [1.807, 2.05) is 57.2 Å². The lowest BCUT2D eigenvalue weighted by molar-refractivity contribution is -0.148. The van der Waals surface area contributed by atoms with Gasteiger partial charge in [-0.25, -0.2) is 4.79 Å². The number of nitrogens with zero attached hydrogens (tertiary/aromatic N) is 1. The molecule has 0 saturated carbocycles. The van der Waals surface area contributed by atoms with Crippen molar-refractivity contribution in [2.24, 2.45) is 11.8 Å². The van der Waals surface area contributed by atoms with Crippen molar-refractivity contribution in [3.05, 3.63) is 54.7 Å². The molecule has 1 aromatic carbocycles. The first kappa shape index (κ1) is 19.6. The lowest BCUT2D eigenvalue weighted by Gasteiger charge is -2.22. The summed E-state index contributed by atoms with van der Waals surface area (Å²) in [5, 5.41) is 3.87. The maximum atomic E-state index is 12.5. The molecule has 2 atom stereocenters. The minimum Gasteiger partial charge on any atom is -0.460 e. The van der Waals surface area contributed by atoms with Crippen LogP contribution >= 0.6 is 0 Å². The molecule has 1 aromatic heterocycles. The van der Waals surface area contributed by atoms with Crippen molar-refractivity contribution in [1.29, 1.82) is 0 Å². The standard InChI is InChI=1S/C21H26N2O3/c1-5-12-26-21(25)19(14(2)3)23-20(24)15(4)13-17-11-10-16-8-6-7-9-18(16)22-17/h5-11,14-15,19H,1,12-13H2,2-4H3,(H,23,24)/t15-,19-/m0/s1. The number of para-hydroxylation sites is 1. The van der Waals surface area contributed by atoms with Crippen LogP contribution in [-0.2, 0) is 20.7 Å². The number of esters is 1. The van der Waals surface area contributed by atoms with E-state index in [0.29, 0.717) is 6.42 Å². The lowest BCUT2D eigenvalue weighted by atomic mass is 10.00. The summed E-state index contributed by atoms with van der Waals surface area (Å²) in [6, 6.07) is 11.1. The number of rotatable bonds is 8. The van der Waals surface area contributed by atoms with Crippen LogP contribution in [0, 0.1) is 11.8 Å². The van der Waals surface area contributed by atoms with Crippen LogP contribution in [0.5, 0.6) is 0 Å². The SMILES string of the molecule is C=CCOC(=O)[C@@H](NC(=O)[C@@H](C)Cc1ccc2ccccc2n1)C(C)C. The van der Waals surface area contributed by atoms with E-state index in [4.69, 9.17) is 4.74 Å². The van der Waals surface area contributed by atoms with E-state index in [-0.39, 0.29) is 24.3 Å². The van der Waals surface area contributed by atoms with Crippen molar-refractivity contribution in [3.8, 4) is 0 Å². The molecule has 5 heteroatoms. The summed E-state index contributed by atoms with van der Waals surface area (Å²) in [4.78, 5) is 29.3. The first-order chi connectivity index (χ1) is 12.4. The number of ether oxygens (including phenoxy) is 1. The van der Waals surface area contributed by atoms with Gasteiger partial charge in [-0.3, -0.25) is 9.78 Å². The number of carbonyl (C=O) groups is 2. The normalized spacial score (nSPS) is 13.2. The van der Waals surface area contributed by atoms with Gasteiger partial charge in [0, 0.05) is 23.4 Å². The van der Waals surface area contributed by atoms with Gasteiger partial charge in [0.05, 0.1) is 5.52 Å². The smallest absolute Gasteiger partial charge is 0.329 e. The molecule has 0 aliphatic carbocycles. The molecular weight excluding hydrogens is 328 g/mol. The zero-order valence-electron chi connectivity index (χ0n) is 15.6. The van der Waals surface area contributed by atoms with Crippen molar-refractivity contribution in [2.45, 2.75) is 33.2 Å². The Morgan fingerprint density at radius 1 is 1.19 bits per heavy atom. The Kier molecular flexibility index (Phi) is 6.89. The second-order valence-electron chi connectivity index (χ2n) is 6.75. The highest BCUT2D eigenvalue weighted by Crippen LogP contribution is 2.15. The van der Waals surface area contributed by atoms with Crippen molar-refractivity contribution in [1.82, 2.24) is 10.3 Å². The number of benzene rings is 1. The topological polar surface area (TPSA) is 68.3 Å². The molecule has 0 aliphatic heterocycles. The van der Waals surface area contributed by atoms with E-state index in [1.165, 1.54) is 6.08 Å². The minimum absolute atomic E-state index is 0.0674. The van der Waals surface area contributed by atoms with Gasteiger partial charge < -0.3 is 10.1 Å². The van der Waals surface area contributed by atoms with Gasteiger partial charge in [-0.1, -0.05) is 57.7 Å². The Morgan fingerprint density at radius 3 is 2.62 bits per heavy atom. The molecule has 26 heavy (non-hydrogen) atoms. The maximum Gasteiger partial charge on any atom is 0.329 e. The van der Waals surface area contributed by atoms with Crippen LogP contribution in [-0.4, -0.2) is 29.5 Å². The number of hydrogen-bond donors (Lipinski definition) is 1. The van der Waals surface area contributed by atoms with Gasteiger partial charge in [0.1, 0.15) is 12.6 Å². The summed E-state index contributed by atoms with van der Waals surface area (Å²) in [5.41, 5.74) is 1.76. The molecule has 5 nitrogen and oxygen atoms in total. The van der Waals surface area contributed by atoms with Crippen molar-refractivity contribution < 1.29 is 14.3 Å². The summed E-state index contributed by atoms with van der Waals surface area (Å²) in [6.07, 6.45) is 2.01. The number of nitrogens with one attached hydrogen (secondary N) is 1. The zero-order chi connectivity index (χ0) is 19.1. The predicted molar refractivity (Wildman–Crippen MR) is 103 cm³/mol. The van der Waals surface area contributed by atoms with Gasteiger partial charge in [0.15, 0.2) is 0 Å². The number of fused-ring (bicyclic) bond motifs is 1. The van der Waals surface area contributed by atoms with Gasteiger partial charge in [-0.2, -0.15) is 0 Å². The number of amides is 1. The Labute approximate surface area is 154 Å². The summed E-state index contributed by atoms with van der Waals surface area (Å²) >= 11 is 0. The van der Waals surface area contributed by atoms with Crippen LogP contribution in [0.2, 0.25) is 0 Å². The number of pyridine rings is 1. The number of aromatic nitrogens is 1. The van der Waals surface area contributed by atoms with E-state index in [0.717, 1.165) is 16.6 Å². The molecule has 0 unspecified atom stereocenters. The second-order valence-corrected chi connectivity index (χ2v) is 6.75. The first-order valence-electron chi connectivity index (χ1n) is 8.85. The minimum atomic E-state index is -0.672. The summed E-state index contributed by atoms with van der Waals surface area (Å²) < 4.78 is 5.08. The molecule has 0 spiro atoms. The van der Waals surface area contributed by atoms with Crippen LogP contribution in [0.4, 0.5) is 0 Å². The molecule has 0 radical (unpaired) electrons. The fourth-order valence-corrected chi connectivity index (χ4v) is 2.65. The maximum absolute atomic E-state index is 12.5. The fourth-order valence-electron chi connectivity index (χ4n) is 2.65. The van der Waals surface area contributed by atoms with Crippen LogP contribution in [0.15, 0.2) is 49.1 Å². The third-order valence-corrected chi connectivity index (χ3v) is 4.18. The van der Waals surface area contributed by atoms with E-state index in [2.05, 4.69) is 16.9 Å². The van der Waals surface area contributed by atoms with Gasteiger partial charge in [-0.05, 0) is 18.1 Å². The van der Waals surface area contributed by atoms with Crippen LogP contribution in [0.25, 0.3) is 10.9 Å². The Balaban J connectivity index is 2.02. The van der Waals surface area contributed by atoms with E-state index in [1.54, 1.807) is 0 Å². The first-order valence-corrected chi connectivity index (χ1v) is 8.85. The average molecular weight is 354 g/mol. The van der Waals surface area contributed by atoms with E-state index < -0.39 is 12.0 Å². The van der Waals surface area contributed by atoms with Crippen LogP contribution in [0.1, 0.15) is 26.5 Å².